The summed E-state index contributed by atoms with van der Waals surface area (Å²) in [7, 11) is 0. The summed E-state index contributed by atoms with van der Waals surface area (Å²) in [4.78, 5) is 22.6. The van der Waals surface area contributed by atoms with Gasteiger partial charge in [-0.3, -0.25) is 9.48 Å². The van der Waals surface area contributed by atoms with E-state index in [1.54, 1.807) is 17.8 Å². The van der Waals surface area contributed by atoms with Crippen LogP contribution in [0.1, 0.15) is 25.8 Å². The number of aromatic nitrogens is 2. The lowest BCUT2D eigenvalue weighted by Gasteiger charge is -2.22. The van der Waals surface area contributed by atoms with Gasteiger partial charge >= 0.3 is 11.9 Å². The normalized spacial score (nSPS) is 16.1. The number of nitrogens with one attached hydrogen (secondary N) is 1. The van der Waals surface area contributed by atoms with Gasteiger partial charge in [0.25, 0.3) is 0 Å². The van der Waals surface area contributed by atoms with E-state index >= 15 is 0 Å². The topological polar surface area (TPSA) is 82.5 Å². The van der Waals surface area contributed by atoms with Crippen LogP contribution in [0, 0.1) is 0 Å². The first-order valence-electron chi connectivity index (χ1n) is 6.30. The molecule has 1 aromatic heterocycles. The summed E-state index contributed by atoms with van der Waals surface area (Å²) in [6.07, 6.45) is 5.03. The van der Waals surface area contributed by atoms with Crippen LogP contribution < -0.4 is 5.32 Å². The van der Waals surface area contributed by atoms with Crippen molar-refractivity contribution in [3.8, 4) is 0 Å². The molecule has 0 unspecified atom stereocenters. The second-order valence-electron chi connectivity index (χ2n) is 4.23. The third-order valence-electron chi connectivity index (χ3n) is 2.89. The van der Waals surface area contributed by atoms with E-state index in [0.717, 1.165) is 26.1 Å². The maximum Gasteiger partial charge on any atom is 0.397 e. The third-order valence-corrected chi connectivity index (χ3v) is 2.89. The highest BCUT2D eigenvalue weighted by atomic mass is 16.5. The molecule has 0 saturated carbocycles. The zero-order valence-corrected chi connectivity index (χ0v) is 10.8. The number of carbonyl (C=O) groups excluding carboxylic acids is 2. The van der Waals surface area contributed by atoms with Gasteiger partial charge in [0.1, 0.15) is 0 Å². The molecule has 19 heavy (non-hydrogen) atoms. The zero-order chi connectivity index (χ0) is 13.7. The van der Waals surface area contributed by atoms with E-state index in [1.807, 2.05) is 0 Å². The highest BCUT2D eigenvalue weighted by Crippen LogP contribution is 2.21. The highest BCUT2D eigenvalue weighted by Gasteiger charge is 2.19. The Labute approximate surface area is 110 Å². The van der Waals surface area contributed by atoms with Crippen LogP contribution in [-0.4, -0.2) is 41.5 Å². The van der Waals surface area contributed by atoms with Gasteiger partial charge in [0.2, 0.25) is 0 Å². The van der Waals surface area contributed by atoms with E-state index in [4.69, 9.17) is 4.74 Å². The van der Waals surface area contributed by atoms with Gasteiger partial charge < -0.3 is 14.8 Å². The molecular formula is C12H17N3O4. The fourth-order valence-corrected chi connectivity index (χ4v) is 1.93. The van der Waals surface area contributed by atoms with Crippen molar-refractivity contribution in [2.24, 2.45) is 0 Å². The van der Waals surface area contributed by atoms with Gasteiger partial charge in [0, 0.05) is 19.4 Å². The third kappa shape index (κ3) is 3.54. The Morgan fingerprint density at radius 1 is 1.53 bits per heavy atom. The number of ether oxygens (including phenoxy) is 2. The SMILES string of the molecule is CCOC(=O)C(=O)Nc1cnn(C2CCOCC2)c1. The molecular weight excluding hydrogens is 250 g/mol. The van der Waals surface area contributed by atoms with Crippen LogP contribution in [0.3, 0.4) is 0 Å². The van der Waals surface area contributed by atoms with Gasteiger partial charge in [-0.25, -0.2) is 4.79 Å². The summed E-state index contributed by atoms with van der Waals surface area (Å²) < 4.78 is 11.7. The molecule has 0 spiro atoms. The first-order chi connectivity index (χ1) is 9.20. The van der Waals surface area contributed by atoms with Crippen LogP contribution in [0.4, 0.5) is 5.69 Å². The predicted octanol–water partition coefficient (Wildman–Crippen LogP) is 0.736. The number of nitrogens with zero attached hydrogens (tertiary/aromatic N) is 2. The molecule has 7 nitrogen and oxygen atoms in total. The molecule has 1 aliphatic rings. The molecule has 2 heterocycles. The van der Waals surface area contributed by atoms with E-state index in [1.165, 1.54) is 6.20 Å². The predicted molar refractivity (Wildman–Crippen MR) is 66.6 cm³/mol. The van der Waals surface area contributed by atoms with E-state index in [9.17, 15) is 9.59 Å². The quantitative estimate of drug-likeness (QED) is 0.645. The molecule has 1 aromatic rings. The van der Waals surface area contributed by atoms with Gasteiger partial charge in [-0.2, -0.15) is 5.10 Å². The van der Waals surface area contributed by atoms with Gasteiger partial charge in [-0.1, -0.05) is 0 Å². The lowest BCUT2D eigenvalue weighted by atomic mass is 10.1. The minimum atomic E-state index is -0.888. The van der Waals surface area contributed by atoms with Crippen molar-refractivity contribution in [3.63, 3.8) is 0 Å². The molecule has 1 saturated heterocycles. The van der Waals surface area contributed by atoms with E-state index in [2.05, 4.69) is 15.2 Å². The van der Waals surface area contributed by atoms with Gasteiger partial charge in [-0.05, 0) is 19.8 Å². The Morgan fingerprint density at radius 3 is 2.95 bits per heavy atom. The van der Waals surface area contributed by atoms with Gasteiger partial charge in [0.05, 0.1) is 24.5 Å². The largest absolute Gasteiger partial charge is 0.459 e. The van der Waals surface area contributed by atoms with Crippen molar-refractivity contribution in [3.05, 3.63) is 12.4 Å². The molecule has 1 amide bonds. The lowest BCUT2D eigenvalue weighted by Crippen LogP contribution is -2.24. The molecule has 0 atom stereocenters. The van der Waals surface area contributed by atoms with Crippen LogP contribution in [0.2, 0.25) is 0 Å². The smallest absolute Gasteiger partial charge is 0.397 e. The molecule has 0 bridgehead atoms. The summed E-state index contributed by atoms with van der Waals surface area (Å²) in [6, 6.07) is 0.280. The summed E-state index contributed by atoms with van der Waals surface area (Å²) in [6.45, 7) is 3.26. The van der Waals surface area contributed by atoms with Crippen LogP contribution in [0.25, 0.3) is 0 Å². The molecule has 104 valence electrons. The van der Waals surface area contributed by atoms with Gasteiger partial charge in [-0.15, -0.1) is 0 Å². The fourth-order valence-electron chi connectivity index (χ4n) is 1.93. The average molecular weight is 267 g/mol. The standard InChI is InChI=1S/C12H17N3O4/c1-2-19-12(17)11(16)14-9-7-13-15(8-9)10-3-5-18-6-4-10/h7-8,10H,2-6H2,1H3,(H,14,16). The molecule has 0 aromatic carbocycles. The monoisotopic (exact) mass is 267 g/mol. The molecule has 1 fully saturated rings. The number of rotatable bonds is 3. The molecule has 0 aliphatic carbocycles. The van der Waals surface area contributed by atoms with Crippen molar-refractivity contribution in [2.45, 2.75) is 25.8 Å². The Kier molecular flexibility index (Phi) is 4.51. The molecule has 2 rings (SSSR count). The minimum absolute atomic E-state index is 0.174. The Hall–Kier alpha value is -1.89. The first kappa shape index (κ1) is 13.5. The van der Waals surface area contributed by atoms with Crippen LogP contribution in [0.5, 0.6) is 0 Å². The van der Waals surface area contributed by atoms with Gasteiger partial charge in [0.15, 0.2) is 0 Å². The second kappa shape index (κ2) is 6.33. The number of anilines is 1. The van der Waals surface area contributed by atoms with Crippen molar-refractivity contribution >= 4 is 17.6 Å². The first-order valence-corrected chi connectivity index (χ1v) is 6.30. The van der Waals surface area contributed by atoms with Crippen molar-refractivity contribution in [1.29, 1.82) is 0 Å². The fraction of sp³-hybridized carbons (Fsp3) is 0.583. The minimum Gasteiger partial charge on any atom is -0.459 e. The Morgan fingerprint density at radius 2 is 2.26 bits per heavy atom. The maximum atomic E-state index is 11.4. The van der Waals surface area contributed by atoms with E-state index < -0.39 is 11.9 Å². The lowest BCUT2D eigenvalue weighted by molar-refractivity contribution is -0.152. The molecule has 7 heteroatoms. The number of esters is 1. The molecule has 1 N–H and O–H groups in total. The van der Waals surface area contributed by atoms with Crippen LogP contribution >= 0.6 is 0 Å². The zero-order valence-electron chi connectivity index (χ0n) is 10.8. The highest BCUT2D eigenvalue weighted by molar-refractivity contribution is 6.37. The second-order valence-corrected chi connectivity index (χ2v) is 4.23. The maximum absolute atomic E-state index is 11.4. The Bertz CT molecular complexity index is 452. The summed E-state index contributed by atoms with van der Waals surface area (Å²) in [5.74, 6) is -1.67. The average Bonchev–Trinajstić information content (AvgIpc) is 2.88. The number of amides is 1. The summed E-state index contributed by atoms with van der Waals surface area (Å²) in [5, 5.41) is 6.65. The van der Waals surface area contributed by atoms with Crippen molar-refractivity contribution < 1.29 is 19.1 Å². The Balaban J connectivity index is 1.93. The summed E-state index contributed by atoms with van der Waals surface area (Å²) >= 11 is 0. The van der Waals surface area contributed by atoms with Crippen LogP contribution in [-0.2, 0) is 19.1 Å². The van der Waals surface area contributed by atoms with Crippen molar-refractivity contribution in [1.82, 2.24) is 9.78 Å². The van der Waals surface area contributed by atoms with E-state index in [0.29, 0.717) is 5.69 Å². The van der Waals surface area contributed by atoms with Crippen LogP contribution in [0.15, 0.2) is 12.4 Å². The van der Waals surface area contributed by atoms with Crippen molar-refractivity contribution in [2.75, 3.05) is 25.1 Å². The molecule has 1 aliphatic heterocycles. The molecule has 0 radical (unpaired) electrons. The van der Waals surface area contributed by atoms with E-state index in [-0.39, 0.29) is 12.6 Å². The number of carbonyl (C=O) groups is 2. The number of hydrogen-bond donors (Lipinski definition) is 1. The summed E-state index contributed by atoms with van der Waals surface area (Å²) in [5.41, 5.74) is 0.490. The number of hydrogen-bond acceptors (Lipinski definition) is 5.